The molecule has 5 nitrogen and oxygen atoms in total. The van der Waals surface area contributed by atoms with Gasteiger partial charge in [-0.1, -0.05) is 0 Å². The zero-order valence-corrected chi connectivity index (χ0v) is 4.66. The monoisotopic (exact) mass is 136 g/mol. The van der Waals surface area contributed by atoms with Crippen LogP contribution in [0.2, 0.25) is 0 Å². The van der Waals surface area contributed by atoms with E-state index in [0.717, 1.165) is 0 Å². The molecule has 1 aromatic heterocycles. The van der Waals surface area contributed by atoms with Crippen molar-refractivity contribution in [2.24, 2.45) is 0 Å². The van der Waals surface area contributed by atoms with E-state index in [-0.39, 0.29) is 30.6 Å². The van der Waals surface area contributed by atoms with Crippen LogP contribution in [0.25, 0.3) is 0 Å². The zero-order chi connectivity index (χ0) is 6.85. The van der Waals surface area contributed by atoms with Crippen LogP contribution in [-0.2, 0) is 0 Å². The molecule has 1 heterocycles. The van der Waals surface area contributed by atoms with E-state index >= 15 is 0 Å². The minimum atomic E-state index is -1.17. The van der Waals surface area contributed by atoms with Crippen LogP contribution in [0, 0.1) is 6.92 Å². The van der Waals surface area contributed by atoms with E-state index in [0.29, 0.717) is 0 Å². The third-order valence-electron chi connectivity index (χ3n) is 0.719. The number of hydrogen-bond acceptors (Lipinski definition) is 4. The van der Waals surface area contributed by atoms with Crippen LogP contribution < -0.4 is 0 Å². The van der Waals surface area contributed by atoms with Crippen molar-refractivity contribution >= 4 is 24.8 Å². The predicted molar refractivity (Wildman–Crippen MR) is 33.1 cm³/mol. The molecule has 0 amide bonds. The summed E-state index contributed by atoms with van der Waals surface area (Å²) in [7, 11) is 0. The second-order valence-corrected chi connectivity index (χ2v) is 1.44. The van der Waals surface area contributed by atoms with Crippen LogP contribution in [0.5, 0.6) is 0 Å². The Hall–Kier alpha value is -0.793. The molecule has 0 spiro atoms. The molecule has 0 aliphatic carbocycles. The van der Waals surface area contributed by atoms with Crippen LogP contribution >= 0.6 is 0 Å². The van der Waals surface area contributed by atoms with Gasteiger partial charge in [0, 0.05) is 6.92 Å². The number of nitrogens with zero attached hydrogens (tertiary/aromatic N) is 2. The van der Waals surface area contributed by atoms with Gasteiger partial charge in [0.15, 0.2) is 0 Å². The van der Waals surface area contributed by atoms with Crippen molar-refractivity contribution < 1.29 is 14.4 Å². The molecule has 0 aliphatic heterocycles. The van der Waals surface area contributed by atoms with Gasteiger partial charge in [-0.25, -0.2) is 4.79 Å². The number of aromatic carboxylic acids is 1. The van der Waals surface area contributed by atoms with E-state index in [2.05, 4.69) is 14.7 Å². The molecule has 0 radical (unpaired) electrons. The molecule has 1 N–H and O–H groups in total. The Bertz CT molecular complexity index is 234. The van der Waals surface area contributed by atoms with Gasteiger partial charge in [-0.2, -0.15) is 4.98 Å². The number of aryl methyl sites for hydroxylation is 1. The van der Waals surface area contributed by atoms with E-state index in [4.69, 9.17) is 5.11 Å². The first-order chi connectivity index (χ1) is 4.20. The number of carboxylic acid groups (broad SMARTS) is 1. The van der Waals surface area contributed by atoms with Gasteiger partial charge in [0.1, 0.15) is 0 Å². The molecule has 0 saturated carbocycles. The van der Waals surface area contributed by atoms with Gasteiger partial charge in [-0.05, 0) is 5.16 Å². The van der Waals surface area contributed by atoms with Gasteiger partial charge in [0.25, 0.3) is 5.82 Å². The van der Waals surface area contributed by atoms with E-state index < -0.39 is 5.97 Å². The Kier molecular flexibility index (Phi) is 3.13. The summed E-state index contributed by atoms with van der Waals surface area (Å²) >= 11 is 0. The van der Waals surface area contributed by atoms with Crippen LogP contribution in [-0.4, -0.2) is 40.1 Å². The van der Waals surface area contributed by atoms with Crippen LogP contribution in [0.15, 0.2) is 4.52 Å². The fourth-order valence-corrected chi connectivity index (χ4v) is 0.386. The second-order valence-electron chi connectivity index (χ2n) is 1.44. The topological polar surface area (TPSA) is 76.2 Å². The Balaban J connectivity index is 0.000000810. The first-order valence-corrected chi connectivity index (χ1v) is 2.24. The molecule has 0 aromatic carbocycles. The molecule has 0 fully saturated rings. The molecular weight excluding hydrogens is 131 g/mol. The third-order valence-corrected chi connectivity index (χ3v) is 0.719. The van der Waals surface area contributed by atoms with Crippen LogP contribution in [0.1, 0.15) is 16.5 Å². The molecule has 0 unspecified atom stereocenters. The number of carbonyl (C=O) groups is 1. The normalized spacial score (nSPS) is 8.50. The summed E-state index contributed by atoms with van der Waals surface area (Å²) in [5.74, 6) is -1.22. The number of hydrogen-bond donors (Lipinski definition) is 1. The van der Waals surface area contributed by atoms with Gasteiger partial charge in [0.05, 0.1) is 0 Å². The Labute approximate surface area is 68.6 Å². The molecule has 0 bridgehead atoms. The van der Waals surface area contributed by atoms with Crippen molar-refractivity contribution in [3.63, 3.8) is 0 Å². The molecule has 6 heteroatoms. The standard InChI is InChI=1S/C4H4N2O3.Li.H/c1-2-5-3(4(7)8)6-9-2;;/h1H3,(H,7,8);;. The summed E-state index contributed by atoms with van der Waals surface area (Å²) in [5.41, 5.74) is 0. The van der Waals surface area contributed by atoms with Crippen molar-refractivity contribution in [1.29, 1.82) is 0 Å². The molecule has 0 saturated heterocycles. The third kappa shape index (κ3) is 1.86. The fraction of sp³-hybridized carbons (Fsp3) is 0.250. The van der Waals surface area contributed by atoms with Gasteiger partial charge < -0.3 is 9.63 Å². The van der Waals surface area contributed by atoms with Gasteiger partial charge in [-0.15, -0.1) is 0 Å². The molecule has 0 atom stereocenters. The zero-order valence-electron chi connectivity index (χ0n) is 4.66. The predicted octanol–water partition coefficient (Wildman–Crippen LogP) is -0.572. The van der Waals surface area contributed by atoms with Gasteiger partial charge >= 0.3 is 24.8 Å². The van der Waals surface area contributed by atoms with Gasteiger partial charge in [-0.3, -0.25) is 0 Å². The molecule has 1 rings (SSSR count). The maximum atomic E-state index is 10.0. The maximum absolute atomic E-state index is 10.0. The van der Waals surface area contributed by atoms with Crippen molar-refractivity contribution in [3.05, 3.63) is 11.7 Å². The van der Waals surface area contributed by atoms with Crippen molar-refractivity contribution in [3.8, 4) is 0 Å². The molecule has 10 heavy (non-hydrogen) atoms. The summed E-state index contributed by atoms with van der Waals surface area (Å²) in [4.78, 5) is 13.5. The van der Waals surface area contributed by atoms with Gasteiger partial charge in [0.2, 0.25) is 5.89 Å². The first-order valence-electron chi connectivity index (χ1n) is 2.24. The quantitative estimate of drug-likeness (QED) is 0.523. The summed E-state index contributed by atoms with van der Waals surface area (Å²) < 4.78 is 4.38. The van der Waals surface area contributed by atoms with E-state index in [1.54, 1.807) is 0 Å². The average Bonchev–Trinajstić information content (AvgIpc) is 2.14. The molecular formula is C4H5LiN2O3. The fourth-order valence-electron chi connectivity index (χ4n) is 0.386. The molecule has 0 aliphatic rings. The molecule has 50 valence electrons. The Morgan fingerprint density at radius 3 is 2.50 bits per heavy atom. The Morgan fingerprint density at radius 1 is 1.70 bits per heavy atom. The molecule has 1 aromatic rings. The van der Waals surface area contributed by atoms with Crippen molar-refractivity contribution in [2.75, 3.05) is 0 Å². The summed E-state index contributed by atoms with van der Waals surface area (Å²) in [5, 5.41) is 11.3. The van der Waals surface area contributed by atoms with Crippen molar-refractivity contribution in [1.82, 2.24) is 10.1 Å². The summed E-state index contributed by atoms with van der Waals surface area (Å²) in [6.45, 7) is 1.53. The van der Waals surface area contributed by atoms with E-state index in [9.17, 15) is 4.79 Å². The van der Waals surface area contributed by atoms with E-state index in [1.807, 2.05) is 0 Å². The SMILES string of the molecule is Cc1nc(C(=O)O)no1.[LiH]. The number of rotatable bonds is 1. The Morgan fingerprint density at radius 2 is 2.30 bits per heavy atom. The summed E-state index contributed by atoms with van der Waals surface area (Å²) in [6.07, 6.45) is 0. The summed E-state index contributed by atoms with van der Waals surface area (Å²) in [6, 6.07) is 0. The number of aromatic nitrogens is 2. The minimum absolute atomic E-state index is 0. The van der Waals surface area contributed by atoms with Crippen molar-refractivity contribution in [2.45, 2.75) is 6.92 Å². The first kappa shape index (κ1) is 9.21. The number of carboxylic acids is 1. The second kappa shape index (κ2) is 3.39. The van der Waals surface area contributed by atoms with E-state index in [1.165, 1.54) is 6.92 Å². The van der Waals surface area contributed by atoms with Crippen LogP contribution in [0.3, 0.4) is 0 Å². The average molecular weight is 136 g/mol. The van der Waals surface area contributed by atoms with Crippen LogP contribution in [0.4, 0.5) is 0 Å².